The fourth-order valence-corrected chi connectivity index (χ4v) is 1.11. The van der Waals surface area contributed by atoms with Crippen molar-refractivity contribution < 1.29 is 5.11 Å². The summed E-state index contributed by atoms with van der Waals surface area (Å²) in [5.41, 5.74) is 5.40. The molecule has 3 N–H and O–H groups in total. The molecule has 2 atom stereocenters. The third-order valence-corrected chi connectivity index (χ3v) is 1.83. The van der Waals surface area contributed by atoms with E-state index in [1.54, 1.807) is 0 Å². The first kappa shape index (κ1) is 6.78. The zero-order chi connectivity index (χ0) is 6.69. The van der Waals surface area contributed by atoms with E-state index in [1.807, 2.05) is 6.08 Å². The third-order valence-electron chi connectivity index (χ3n) is 1.83. The van der Waals surface area contributed by atoms with E-state index >= 15 is 0 Å². The lowest BCUT2D eigenvalue weighted by Crippen LogP contribution is -2.28. The van der Waals surface area contributed by atoms with Gasteiger partial charge in [-0.05, 0) is 19.4 Å². The molecule has 1 aliphatic carbocycles. The Morgan fingerprint density at radius 3 is 2.56 bits per heavy atom. The van der Waals surface area contributed by atoms with Crippen LogP contribution in [0.1, 0.15) is 12.8 Å². The van der Waals surface area contributed by atoms with Gasteiger partial charge < -0.3 is 10.8 Å². The number of rotatable bonds is 1. The van der Waals surface area contributed by atoms with Gasteiger partial charge in [0.15, 0.2) is 0 Å². The van der Waals surface area contributed by atoms with E-state index in [-0.39, 0.29) is 6.10 Å². The number of nitrogens with two attached hydrogens (primary N) is 1. The van der Waals surface area contributed by atoms with E-state index in [4.69, 9.17) is 5.73 Å². The summed E-state index contributed by atoms with van der Waals surface area (Å²) in [6.45, 7) is 0.603. The van der Waals surface area contributed by atoms with Gasteiger partial charge in [0.05, 0.1) is 6.10 Å². The van der Waals surface area contributed by atoms with E-state index in [9.17, 15) is 5.11 Å². The Morgan fingerprint density at radius 1 is 1.44 bits per heavy atom. The molecule has 2 nitrogen and oxygen atoms in total. The van der Waals surface area contributed by atoms with Gasteiger partial charge in [-0.1, -0.05) is 12.2 Å². The minimum Gasteiger partial charge on any atom is -0.392 e. The summed E-state index contributed by atoms with van der Waals surface area (Å²) >= 11 is 0. The number of hydrogen-bond acceptors (Lipinski definition) is 2. The Morgan fingerprint density at radius 2 is 2.11 bits per heavy atom. The van der Waals surface area contributed by atoms with E-state index in [1.165, 1.54) is 0 Å². The lowest BCUT2D eigenvalue weighted by molar-refractivity contribution is 0.110. The van der Waals surface area contributed by atoms with Crippen molar-refractivity contribution in [2.45, 2.75) is 18.9 Å². The SMILES string of the molecule is NC[C@H]1CC=CC[C@@H]1O. The first-order chi connectivity index (χ1) is 4.34. The summed E-state index contributed by atoms with van der Waals surface area (Å²) in [6, 6.07) is 0. The monoisotopic (exact) mass is 127 g/mol. The maximum Gasteiger partial charge on any atom is 0.0617 e. The van der Waals surface area contributed by atoms with Crippen molar-refractivity contribution in [2.75, 3.05) is 6.54 Å². The smallest absolute Gasteiger partial charge is 0.0617 e. The van der Waals surface area contributed by atoms with Crippen LogP contribution in [0.2, 0.25) is 0 Å². The second-order valence-corrected chi connectivity index (χ2v) is 2.51. The molecular formula is C7H13NO. The Kier molecular flexibility index (Phi) is 2.25. The van der Waals surface area contributed by atoms with Gasteiger partial charge in [0.2, 0.25) is 0 Å². The molecule has 0 aromatic rings. The molecule has 1 aliphatic rings. The molecule has 0 radical (unpaired) electrons. The first-order valence-electron chi connectivity index (χ1n) is 3.37. The lowest BCUT2D eigenvalue weighted by atomic mass is 9.92. The highest BCUT2D eigenvalue weighted by Gasteiger charge is 2.17. The van der Waals surface area contributed by atoms with Crippen LogP contribution in [-0.2, 0) is 0 Å². The van der Waals surface area contributed by atoms with Crippen LogP contribution in [0.25, 0.3) is 0 Å². The quantitative estimate of drug-likeness (QED) is 0.497. The van der Waals surface area contributed by atoms with Crippen LogP contribution in [0, 0.1) is 5.92 Å². The first-order valence-corrected chi connectivity index (χ1v) is 3.37. The minimum absolute atomic E-state index is 0.194. The van der Waals surface area contributed by atoms with E-state index < -0.39 is 0 Å². The van der Waals surface area contributed by atoms with Crippen molar-refractivity contribution in [3.05, 3.63) is 12.2 Å². The van der Waals surface area contributed by atoms with Gasteiger partial charge in [0.1, 0.15) is 0 Å². The number of aliphatic hydroxyl groups is 1. The zero-order valence-corrected chi connectivity index (χ0v) is 5.46. The normalized spacial score (nSPS) is 34.9. The Balaban J connectivity index is 2.43. The maximum absolute atomic E-state index is 9.24. The van der Waals surface area contributed by atoms with E-state index in [0.29, 0.717) is 12.5 Å². The van der Waals surface area contributed by atoms with Crippen molar-refractivity contribution >= 4 is 0 Å². The second kappa shape index (κ2) is 2.99. The molecule has 0 fully saturated rings. The summed E-state index contributed by atoms with van der Waals surface area (Å²) in [6.07, 6.45) is 5.63. The van der Waals surface area contributed by atoms with Gasteiger partial charge in [-0.25, -0.2) is 0 Å². The molecule has 0 saturated heterocycles. The molecule has 1 rings (SSSR count). The average Bonchev–Trinajstić information content (AvgIpc) is 1.89. The topological polar surface area (TPSA) is 46.2 Å². The molecule has 0 spiro atoms. The van der Waals surface area contributed by atoms with Crippen LogP contribution < -0.4 is 5.73 Å². The summed E-state index contributed by atoms with van der Waals surface area (Å²) in [4.78, 5) is 0. The van der Waals surface area contributed by atoms with Gasteiger partial charge in [-0.3, -0.25) is 0 Å². The zero-order valence-electron chi connectivity index (χ0n) is 5.46. The fraction of sp³-hybridized carbons (Fsp3) is 0.714. The minimum atomic E-state index is -0.194. The van der Waals surface area contributed by atoms with E-state index in [2.05, 4.69) is 6.08 Å². The molecule has 52 valence electrons. The molecule has 0 bridgehead atoms. The van der Waals surface area contributed by atoms with Crippen LogP contribution >= 0.6 is 0 Å². The van der Waals surface area contributed by atoms with Crippen LogP contribution in [0.3, 0.4) is 0 Å². The van der Waals surface area contributed by atoms with Crippen molar-refractivity contribution in [1.82, 2.24) is 0 Å². The second-order valence-electron chi connectivity index (χ2n) is 2.51. The van der Waals surface area contributed by atoms with Crippen molar-refractivity contribution in [3.63, 3.8) is 0 Å². The van der Waals surface area contributed by atoms with Gasteiger partial charge in [-0.2, -0.15) is 0 Å². The van der Waals surface area contributed by atoms with Crippen LogP contribution in [0.15, 0.2) is 12.2 Å². The summed E-state index contributed by atoms with van der Waals surface area (Å²) < 4.78 is 0. The number of aliphatic hydroxyl groups excluding tert-OH is 1. The maximum atomic E-state index is 9.24. The molecule has 2 heteroatoms. The lowest BCUT2D eigenvalue weighted by Gasteiger charge is -2.21. The molecule has 9 heavy (non-hydrogen) atoms. The highest BCUT2D eigenvalue weighted by atomic mass is 16.3. The number of allylic oxidation sites excluding steroid dienone is 1. The highest BCUT2D eigenvalue weighted by molar-refractivity contribution is 4.94. The summed E-state index contributed by atoms with van der Waals surface area (Å²) in [7, 11) is 0. The third kappa shape index (κ3) is 1.53. The Bertz CT molecular complexity index is 111. The Labute approximate surface area is 55.4 Å². The molecule has 0 heterocycles. The molecule has 0 amide bonds. The van der Waals surface area contributed by atoms with Gasteiger partial charge >= 0.3 is 0 Å². The van der Waals surface area contributed by atoms with Crippen LogP contribution in [0.5, 0.6) is 0 Å². The average molecular weight is 127 g/mol. The molecule has 0 saturated carbocycles. The van der Waals surface area contributed by atoms with E-state index in [0.717, 1.165) is 12.8 Å². The van der Waals surface area contributed by atoms with Crippen molar-refractivity contribution in [2.24, 2.45) is 11.7 Å². The molecular weight excluding hydrogens is 114 g/mol. The van der Waals surface area contributed by atoms with Crippen molar-refractivity contribution in [1.29, 1.82) is 0 Å². The van der Waals surface area contributed by atoms with Gasteiger partial charge in [0.25, 0.3) is 0 Å². The van der Waals surface area contributed by atoms with Gasteiger partial charge in [0, 0.05) is 5.92 Å². The van der Waals surface area contributed by atoms with Crippen LogP contribution in [0.4, 0.5) is 0 Å². The number of hydrogen-bond donors (Lipinski definition) is 2. The largest absolute Gasteiger partial charge is 0.392 e. The van der Waals surface area contributed by atoms with Crippen molar-refractivity contribution in [3.8, 4) is 0 Å². The van der Waals surface area contributed by atoms with Gasteiger partial charge in [-0.15, -0.1) is 0 Å². The summed E-state index contributed by atoms with van der Waals surface area (Å²) in [5, 5.41) is 9.24. The predicted molar refractivity (Wildman–Crippen MR) is 36.9 cm³/mol. The summed E-state index contributed by atoms with van der Waals surface area (Å²) in [5.74, 6) is 0.301. The molecule has 0 aliphatic heterocycles. The standard InChI is InChI=1S/C7H13NO/c8-5-6-3-1-2-4-7(6)9/h1-2,6-7,9H,3-5,8H2/t6-,7+/m1/s1. The predicted octanol–water partition coefficient (Wildman–Crippen LogP) is 0.272. The highest BCUT2D eigenvalue weighted by Crippen LogP contribution is 2.16. The fourth-order valence-electron chi connectivity index (χ4n) is 1.11. The molecule has 0 aromatic carbocycles. The van der Waals surface area contributed by atoms with Crippen LogP contribution in [-0.4, -0.2) is 17.8 Å². The molecule has 0 aromatic heterocycles. The Hall–Kier alpha value is -0.340. The molecule has 0 unspecified atom stereocenters.